The van der Waals surface area contributed by atoms with Crippen LogP contribution in [-0.4, -0.2) is 55.9 Å². The number of hydrogen-bond donors (Lipinski definition) is 2. The molecule has 9 nitrogen and oxygen atoms in total. The van der Waals surface area contributed by atoms with Crippen LogP contribution in [0.25, 0.3) is 0 Å². The van der Waals surface area contributed by atoms with Crippen LogP contribution in [0.4, 0.5) is 5.69 Å². The van der Waals surface area contributed by atoms with Crippen molar-refractivity contribution in [1.29, 1.82) is 0 Å². The number of hydrogen-bond acceptors (Lipinski definition) is 7. The van der Waals surface area contributed by atoms with E-state index in [4.69, 9.17) is 21.1 Å². The van der Waals surface area contributed by atoms with Gasteiger partial charge in [0.2, 0.25) is 15.9 Å². The molecule has 0 atom stereocenters. The van der Waals surface area contributed by atoms with Crippen LogP contribution in [0, 0.1) is 0 Å². The number of thiophene rings is 1. The van der Waals surface area contributed by atoms with Crippen molar-refractivity contribution in [2.24, 2.45) is 0 Å². The zero-order chi connectivity index (χ0) is 27.2. The van der Waals surface area contributed by atoms with Gasteiger partial charge in [0.15, 0.2) is 0 Å². The molecular weight excluding hydrogens is 540 g/mol. The first kappa shape index (κ1) is 28.8. The molecule has 0 saturated carbocycles. The largest absolute Gasteiger partial charge is 0.478 e. The molecule has 1 aromatic heterocycles. The number of nitrogens with zero attached hydrogens (tertiary/aromatic N) is 1. The predicted molar refractivity (Wildman–Crippen MR) is 142 cm³/mol. The van der Waals surface area contributed by atoms with E-state index in [0.29, 0.717) is 0 Å². The van der Waals surface area contributed by atoms with Gasteiger partial charge in [-0.1, -0.05) is 48.0 Å². The molecule has 1 amide bonds. The number of carbonyl (C=O) groups excluding carboxylic acids is 1. The lowest BCUT2D eigenvalue weighted by Crippen LogP contribution is -2.55. The minimum atomic E-state index is -4.38. The van der Waals surface area contributed by atoms with Gasteiger partial charge < -0.3 is 19.9 Å². The van der Waals surface area contributed by atoms with Crippen LogP contribution in [0.3, 0.4) is 0 Å². The predicted octanol–water partition coefficient (Wildman–Crippen LogP) is 4.94. The summed E-state index contributed by atoms with van der Waals surface area (Å²) in [6.45, 7) is 3.77. The summed E-state index contributed by atoms with van der Waals surface area (Å²) in [6, 6.07) is 16.0. The Balaban J connectivity index is 2.01. The molecule has 0 radical (unpaired) electrons. The number of aromatic carboxylic acids is 1. The third kappa shape index (κ3) is 6.56. The Bertz CT molecular complexity index is 1350. The number of likely N-dealkylation sites (N-methyl/N-ethyl adjacent to an activating group) is 1. The lowest BCUT2D eigenvalue weighted by Gasteiger charge is -2.39. The fourth-order valence-corrected chi connectivity index (χ4v) is 6.71. The van der Waals surface area contributed by atoms with Crippen LogP contribution in [0.5, 0.6) is 0 Å². The van der Waals surface area contributed by atoms with E-state index in [9.17, 15) is 23.1 Å². The number of ether oxygens (including phenoxy) is 2. The van der Waals surface area contributed by atoms with Gasteiger partial charge in [-0.2, -0.15) is 0 Å². The van der Waals surface area contributed by atoms with E-state index in [1.807, 2.05) is 30.3 Å². The zero-order valence-electron chi connectivity index (χ0n) is 20.4. The number of anilines is 1. The highest BCUT2D eigenvalue weighted by molar-refractivity contribution is 7.89. The van der Waals surface area contributed by atoms with Gasteiger partial charge in [-0.25, -0.2) is 13.2 Å². The molecule has 0 aliphatic rings. The van der Waals surface area contributed by atoms with Gasteiger partial charge in [-0.05, 0) is 43.7 Å². The van der Waals surface area contributed by atoms with Crippen molar-refractivity contribution in [3.05, 3.63) is 81.0 Å². The quantitative estimate of drug-likeness (QED) is 0.298. The topological polar surface area (TPSA) is 122 Å². The molecule has 2 N–H and O–H groups in total. The molecule has 2 aromatic carbocycles. The molecule has 37 heavy (non-hydrogen) atoms. The normalized spacial score (nSPS) is 12.0. The van der Waals surface area contributed by atoms with Gasteiger partial charge in [0.25, 0.3) is 5.91 Å². The number of halogens is 1. The second kappa shape index (κ2) is 12.2. The van der Waals surface area contributed by atoms with Crippen molar-refractivity contribution in [1.82, 2.24) is 4.31 Å². The molecule has 0 saturated heterocycles. The Morgan fingerprint density at radius 3 is 2.30 bits per heavy atom. The van der Waals surface area contributed by atoms with Crippen molar-refractivity contribution in [3.63, 3.8) is 0 Å². The molecule has 0 fully saturated rings. The smallest absolute Gasteiger partial charge is 0.335 e. The Morgan fingerprint density at radius 2 is 1.70 bits per heavy atom. The first-order valence-corrected chi connectivity index (χ1v) is 13.9. The van der Waals surface area contributed by atoms with Crippen LogP contribution in [-0.2, 0) is 25.9 Å². The van der Waals surface area contributed by atoms with Crippen molar-refractivity contribution < 1.29 is 32.6 Å². The van der Waals surface area contributed by atoms with Gasteiger partial charge in [0, 0.05) is 32.4 Å². The van der Waals surface area contributed by atoms with E-state index >= 15 is 0 Å². The number of carboxylic acid groups (broad SMARTS) is 1. The van der Waals surface area contributed by atoms with E-state index in [0.717, 1.165) is 21.2 Å². The summed E-state index contributed by atoms with van der Waals surface area (Å²) in [5.74, 6) is -3.61. The minimum absolute atomic E-state index is 0.0336. The van der Waals surface area contributed by atoms with E-state index in [2.05, 4.69) is 5.32 Å². The molecule has 0 bridgehead atoms. The molecule has 198 valence electrons. The maximum Gasteiger partial charge on any atom is 0.335 e. The molecular formula is C25H27ClN2O7S2. The number of carboxylic acids is 1. The fourth-order valence-electron chi connectivity index (χ4n) is 3.69. The maximum absolute atomic E-state index is 13.9. The lowest BCUT2D eigenvalue weighted by molar-refractivity contribution is -0.285. The number of rotatable bonds is 12. The number of amides is 1. The van der Waals surface area contributed by atoms with Crippen molar-refractivity contribution in [3.8, 4) is 0 Å². The minimum Gasteiger partial charge on any atom is -0.478 e. The third-order valence-electron chi connectivity index (χ3n) is 5.37. The summed E-state index contributed by atoms with van der Waals surface area (Å²) in [5, 5.41) is 11.8. The van der Waals surface area contributed by atoms with Gasteiger partial charge >= 0.3 is 5.97 Å². The number of nitrogens with one attached hydrogen (secondary N) is 1. The SMILES string of the molecule is CCOC(Cc1ccccc1)(OCC)N(C)S(=O)(=O)c1cc(Cl)sc1C(=O)Nc1cccc(C(=O)O)c1. The summed E-state index contributed by atoms with van der Waals surface area (Å²) in [5.41, 5.74) is 0.938. The maximum atomic E-state index is 13.9. The summed E-state index contributed by atoms with van der Waals surface area (Å²) < 4.78 is 40.7. The Labute approximate surface area is 224 Å². The van der Waals surface area contributed by atoms with E-state index in [1.54, 1.807) is 13.8 Å². The van der Waals surface area contributed by atoms with Crippen LogP contribution in [0.1, 0.15) is 39.4 Å². The molecule has 1 heterocycles. The second-order valence-electron chi connectivity index (χ2n) is 7.80. The van der Waals surface area contributed by atoms with E-state index in [-0.39, 0.29) is 45.0 Å². The average molecular weight is 567 g/mol. The molecule has 3 rings (SSSR count). The molecule has 0 aliphatic heterocycles. The van der Waals surface area contributed by atoms with Crippen LogP contribution >= 0.6 is 22.9 Å². The van der Waals surface area contributed by atoms with Gasteiger partial charge in [-0.3, -0.25) is 4.79 Å². The summed E-state index contributed by atoms with van der Waals surface area (Å²) >= 11 is 6.96. The number of sulfonamides is 1. The highest BCUT2D eigenvalue weighted by Gasteiger charge is 2.45. The summed E-state index contributed by atoms with van der Waals surface area (Å²) in [6.07, 6.45) is 0.0899. The monoisotopic (exact) mass is 566 g/mol. The van der Waals surface area contributed by atoms with Crippen LogP contribution in [0.2, 0.25) is 4.34 Å². The van der Waals surface area contributed by atoms with Gasteiger partial charge in [0.1, 0.15) is 9.77 Å². The van der Waals surface area contributed by atoms with Crippen molar-refractivity contribution in [2.45, 2.75) is 31.1 Å². The summed E-state index contributed by atoms with van der Waals surface area (Å²) in [4.78, 5) is 23.9. The van der Waals surface area contributed by atoms with Gasteiger partial charge in [-0.15, -0.1) is 15.6 Å². The van der Waals surface area contributed by atoms with Gasteiger partial charge in [0.05, 0.1) is 9.90 Å². The number of carbonyl (C=O) groups is 2. The Kier molecular flexibility index (Phi) is 9.46. The summed E-state index contributed by atoms with van der Waals surface area (Å²) in [7, 11) is -3.05. The molecule has 3 aromatic rings. The Morgan fingerprint density at radius 1 is 1.05 bits per heavy atom. The Hall–Kier alpha value is -2.80. The third-order valence-corrected chi connectivity index (χ3v) is 8.64. The molecule has 0 spiro atoms. The van der Waals surface area contributed by atoms with E-state index in [1.165, 1.54) is 37.4 Å². The van der Waals surface area contributed by atoms with Crippen molar-refractivity contribution >= 4 is 50.5 Å². The second-order valence-corrected chi connectivity index (χ2v) is 11.4. The molecule has 12 heteroatoms. The first-order chi connectivity index (χ1) is 17.5. The van der Waals surface area contributed by atoms with Crippen molar-refractivity contribution in [2.75, 3.05) is 25.6 Å². The van der Waals surface area contributed by atoms with E-state index < -0.39 is 27.8 Å². The van der Waals surface area contributed by atoms with Crippen LogP contribution in [0.15, 0.2) is 65.6 Å². The van der Waals surface area contributed by atoms with Crippen LogP contribution < -0.4 is 5.32 Å². The number of benzene rings is 2. The zero-order valence-corrected chi connectivity index (χ0v) is 22.8. The fraction of sp³-hybridized carbons (Fsp3) is 0.280. The first-order valence-electron chi connectivity index (χ1n) is 11.3. The lowest BCUT2D eigenvalue weighted by atomic mass is 10.1. The molecule has 0 aliphatic carbocycles. The standard InChI is InChI=1S/C25H27ClN2O7S2/c1-4-34-25(35-5-2,16-17-10-7-6-8-11-17)28(3)37(32,33)20-15-21(26)36-22(20)23(29)27-19-13-9-12-18(14-19)24(30)31/h6-15H,4-5,16H2,1-3H3,(H,27,29)(H,30,31). The molecule has 0 unspecified atom stereocenters. The highest BCUT2D eigenvalue weighted by atomic mass is 35.5. The average Bonchev–Trinajstić information content (AvgIpc) is 3.27. The highest BCUT2D eigenvalue weighted by Crippen LogP contribution is 2.36.